The highest BCUT2D eigenvalue weighted by molar-refractivity contribution is 6.06. The molecule has 0 radical (unpaired) electrons. The standard InChI is InChI=1S/C15H13NO3/c1-19-12-7-5-11(6-8-12)14(17)10-15(18)13-4-2-3-9-16-13/h2-10,17H,1H3. The maximum absolute atomic E-state index is 11.8. The molecule has 0 amide bonds. The van der Waals surface area contributed by atoms with Gasteiger partial charge in [-0.3, -0.25) is 9.78 Å². The zero-order valence-electron chi connectivity index (χ0n) is 10.4. The number of ether oxygens (including phenoxy) is 1. The first kappa shape index (κ1) is 12.8. The molecule has 1 aromatic carbocycles. The zero-order chi connectivity index (χ0) is 13.7. The van der Waals surface area contributed by atoms with Crippen LogP contribution >= 0.6 is 0 Å². The number of nitrogens with zero attached hydrogens (tertiary/aromatic N) is 1. The molecule has 0 aliphatic rings. The summed E-state index contributed by atoms with van der Waals surface area (Å²) in [6.45, 7) is 0. The molecule has 1 N–H and O–H groups in total. The fraction of sp³-hybridized carbons (Fsp3) is 0.0667. The lowest BCUT2D eigenvalue weighted by atomic mass is 10.1. The van der Waals surface area contributed by atoms with Gasteiger partial charge in [-0.2, -0.15) is 0 Å². The van der Waals surface area contributed by atoms with Crippen LogP contribution < -0.4 is 4.74 Å². The molecule has 2 rings (SSSR count). The first-order valence-electron chi connectivity index (χ1n) is 5.71. The van der Waals surface area contributed by atoms with Gasteiger partial charge in [0.1, 0.15) is 17.2 Å². The number of carbonyl (C=O) groups is 1. The van der Waals surface area contributed by atoms with Crippen LogP contribution in [0.2, 0.25) is 0 Å². The summed E-state index contributed by atoms with van der Waals surface area (Å²) < 4.78 is 5.02. The van der Waals surface area contributed by atoms with E-state index in [-0.39, 0.29) is 11.5 Å². The number of aliphatic hydroxyl groups is 1. The molecule has 0 saturated carbocycles. The minimum absolute atomic E-state index is 0.0988. The van der Waals surface area contributed by atoms with Crippen LogP contribution in [0.3, 0.4) is 0 Å². The van der Waals surface area contributed by atoms with Gasteiger partial charge in [0.2, 0.25) is 5.78 Å². The Kier molecular flexibility index (Phi) is 3.93. The van der Waals surface area contributed by atoms with Crippen molar-refractivity contribution in [3.05, 3.63) is 66.0 Å². The third-order valence-corrected chi connectivity index (χ3v) is 2.57. The first-order chi connectivity index (χ1) is 9.20. The third kappa shape index (κ3) is 3.19. The van der Waals surface area contributed by atoms with Gasteiger partial charge >= 0.3 is 0 Å². The van der Waals surface area contributed by atoms with Gasteiger partial charge in [-0.25, -0.2) is 0 Å². The number of methoxy groups -OCH3 is 1. The van der Waals surface area contributed by atoms with Crippen molar-refractivity contribution in [3.63, 3.8) is 0 Å². The van der Waals surface area contributed by atoms with E-state index in [2.05, 4.69) is 4.98 Å². The van der Waals surface area contributed by atoms with Crippen molar-refractivity contribution in [3.8, 4) is 5.75 Å². The summed E-state index contributed by atoms with van der Waals surface area (Å²) in [6, 6.07) is 11.8. The summed E-state index contributed by atoms with van der Waals surface area (Å²) in [5.41, 5.74) is 0.840. The van der Waals surface area contributed by atoms with Crippen molar-refractivity contribution in [2.24, 2.45) is 0 Å². The van der Waals surface area contributed by atoms with E-state index in [0.29, 0.717) is 17.0 Å². The Balaban J connectivity index is 2.20. The summed E-state index contributed by atoms with van der Waals surface area (Å²) in [7, 11) is 1.56. The maximum atomic E-state index is 11.8. The topological polar surface area (TPSA) is 59.4 Å². The number of hydrogen-bond acceptors (Lipinski definition) is 4. The first-order valence-corrected chi connectivity index (χ1v) is 5.71. The van der Waals surface area contributed by atoms with Gasteiger partial charge in [-0.05, 0) is 36.4 Å². The van der Waals surface area contributed by atoms with E-state index in [1.54, 1.807) is 49.6 Å². The minimum Gasteiger partial charge on any atom is -0.507 e. The maximum Gasteiger partial charge on any atom is 0.207 e. The van der Waals surface area contributed by atoms with Gasteiger partial charge in [-0.15, -0.1) is 0 Å². The molecule has 19 heavy (non-hydrogen) atoms. The smallest absolute Gasteiger partial charge is 0.207 e. The molecule has 0 aliphatic heterocycles. The molecule has 96 valence electrons. The van der Waals surface area contributed by atoms with E-state index < -0.39 is 0 Å². The number of rotatable bonds is 4. The highest BCUT2D eigenvalue weighted by Crippen LogP contribution is 2.17. The molecule has 1 aromatic heterocycles. The van der Waals surface area contributed by atoms with E-state index in [1.807, 2.05) is 0 Å². The monoisotopic (exact) mass is 255 g/mol. The van der Waals surface area contributed by atoms with Crippen LogP contribution in [0.4, 0.5) is 0 Å². The zero-order valence-corrected chi connectivity index (χ0v) is 10.4. The predicted molar refractivity (Wildman–Crippen MR) is 72.2 cm³/mol. The normalized spacial score (nSPS) is 11.1. The van der Waals surface area contributed by atoms with Crippen LogP contribution in [0.1, 0.15) is 16.1 Å². The molecule has 0 spiro atoms. The number of ketones is 1. The summed E-state index contributed by atoms with van der Waals surface area (Å²) in [5.74, 6) is 0.250. The van der Waals surface area contributed by atoms with Crippen LogP contribution in [-0.2, 0) is 0 Å². The van der Waals surface area contributed by atoms with Crippen molar-refractivity contribution >= 4 is 11.5 Å². The van der Waals surface area contributed by atoms with Crippen LogP contribution in [0.5, 0.6) is 5.75 Å². The van der Waals surface area contributed by atoms with Crippen LogP contribution in [-0.4, -0.2) is 23.0 Å². The third-order valence-electron chi connectivity index (χ3n) is 2.57. The summed E-state index contributed by atoms with van der Waals surface area (Å²) in [5, 5.41) is 9.89. The number of benzene rings is 1. The number of pyridine rings is 1. The lowest BCUT2D eigenvalue weighted by Gasteiger charge is -2.02. The van der Waals surface area contributed by atoms with Crippen molar-refractivity contribution in [2.75, 3.05) is 7.11 Å². The number of aliphatic hydroxyl groups excluding tert-OH is 1. The van der Waals surface area contributed by atoms with E-state index in [0.717, 1.165) is 6.08 Å². The average molecular weight is 255 g/mol. The van der Waals surface area contributed by atoms with E-state index in [9.17, 15) is 9.90 Å². The fourth-order valence-electron chi connectivity index (χ4n) is 1.55. The molecule has 1 heterocycles. The second kappa shape index (κ2) is 5.82. The molecule has 0 bridgehead atoms. The molecule has 4 nitrogen and oxygen atoms in total. The summed E-state index contributed by atoms with van der Waals surface area (Å²) in [6.07, 6.45) is 2.69. The second-order valence-electron chi connectivity index (χ2n) is 3.84. The molecular formula is C15H13NO3. The van der Waals surface area contributed by atoms with E-state index in [4.69, 9.17) is 4.74 Å². The van der Waals surface area contributed by atoms with Gasteiger partial charge in [0.25, 0.3) is 0 Å². The van der Waals surface area contributed by atoms with E-state index >= 15 is 0 Å². The molecule has 2 aromatic rings. The Hall–Kier alpha value is -2.62. The Morgan fingerprint density at radius 3 is 2.53 bits per heavy atom. The minimum atomic E-state index is -0.339. The van der Waals surface area contributed by atoms with Crippen LogP contribution in [0.15, 0.2) is 54.7 Å². The molecular weight excluding hydrogens is 242 g/mol. The molecule has 0 atom stereocenters. The summed E-state index contributed by atoms with van der Waals surface area (Å²) >= 11 is 0. The second-order valence-corrected chi connectivity index (χ2v) is 3.84. The number of carbonyl (C=O) groups excluding carboxylic acids is 1. The van der Waals surface area contributed by atoms with Gasteiger partial charge in [0.15, 0.2) is 0 Å². The molecule has 4 heteroatoms. The Morgan fingerprint density at radius 2 is 1.95 bits per heavy atom. The van der Waals surface area contributed by atoms with Crippen LogP contribution in [0, 0.1) is 0 Å². The Labute approximate surface area is 111 Å². The van der Waals surface area contributed by atoms with E-state index in [1.165, 1.54) is 6.20 Å². The lowest BCUT2D eigenvalue weighted by molar-refractivity contribution is 0.104. The SMILES string of the molecule is COc1ccc(C(O)=CC(=O)c2ccccn2)cc1. The van der Waals surface area contributed by atoms with Gasteiger partial charge < -0.3 is 9.84 Å². The summed E-state index contributed by atoms with van der Waals surface area (Å²) in [4.78, 5) is 15.8. The van der Waals surface area contributed by atoms with Crippen molar-refractivity contribution < 1.29 is 14.6 Å². The van der Waals surface area contributed by atoms with Gasteiger partial charge in [0.05, 0.1) is 7.11 Å². The van der Waals surface area contributed by atoms with Crippen molar-refractivity contribution in [1.29, 1.82) is 0 Å². The van der Waals surface area contributed by atoms with Crippen molar-refractivity contribution in [1.82, 2.24) is 4.98 Å². The quantitative estimate of drug-likeness (QED) is 0.518. The molecule has 0 fully saturated rings. The predicted octanol–water partition coefficient (Wildman–Crippen LogP) is 2.87. The molecule has 0 aliphatic carbocycles. The molecule has 0 saturated heterocycles. The Morgan fingerprint density at radius 1 is 1.21 bits per heavy atom. The van der Waals surface area contributed by atoms with Crippen molar-refractivity contribution in [2.45, 2.75) is 0 Å². The Bertz CT molecular complexity index is 589. The number of allylic oxidation sites excluding steroid dienone is 1. The number of hydrogen-bond donors (Lipinski definition) is 1. The molecule has 0 unspecified atom stereocenters. The fourth-order valence-corrected chi connectivity index (χ4v) is 1.55. The average Bonchev–Trinajstić information content (AvgIpc) is 2.48. The number of aromatic nitrogens is 1. The van der Waals surface area contributed by atoms with Gasteiger partial charge in [-0.1, -0.05) is 6.07 Å². The lowest BCUT2D eigenvalue weighted by Crippen LogP contribution is -1.99. The highest BCUT2D eigenvalue weighted by atomic mass is 16.5. The van der Waals surface area contributed by atoms with Gasteiger partial charge in [0, 0.05) is 17.8 Å². The highest BCUT2D eigenvalue weighted by Gasteiger charge is 2.06. The largest absolute Gasteiger partial charge is 0.507 e. The van der Waals surface area contributed by atoms with Crippen LogP contribution in [0.25, 0.3) is 5.76 Å².